The maximum atomic E-state index is 11.3. The summed E-state index contributed by atoms with van der Waals surface area (Å²) in [4.78, 5) is 26.5. The van der Waals surface area contributed by atoms with Crippen LogP contribution in [0.25, 0.3) is 0 Å². The van der Waals surface area contributed by atoms with Gasteiger partial charge in [-0.2, -0.15) is 0 Å². The lowest BCUT2D eigenvalue weighted by molar-refractivity contribution is -0.137. The molecule has 0 aliphatic rings. The highest BCUT2D eigenvalue weighted by Gasteiger charge is 2.12. The molecular weight excluding hydrogens is 318 g/mol. The molecule has 1 aromatic heterocycles. The number of primary amides is 1. The van der Waals surface area contributed by atoms with Crippen LogP contribution in [0.5, 0.6) is 5.75 Å². The number of pyridine rings is 1. The number of rotatable bonds is 6. The van der Waals surface area contributed by atoms with E-state index in [0.29, 0.717) is 19.4 Å². The summed E-state index contributed by atoms with van der Waals surface area (Å²) in [6.07, 6.45) is 2.99. The maximum Gasteiger partial charge on any atom is 0.309 e. The number of hydrogen-bond acceptors (Lipinski definition) is 4. The number of nitrogens with zero attached hydrogens (tertiary/aromatic N) is 1. The molecular formula is C19H23N3O3. The molecule has 0 spiro atoms. The minimum absolute atomic E-state index is 0.301. The van der Waals surface area contributed by atoms with E-state index in [4.69, 9.17) is 10.5 Å². The number of aryl methyl sites for hydroxylation is 2. The Bertz CT molecular complexity index is 787. The number of hydrogen-bond donors (Lipinski definition) is 2. The van der Waals surface area contributed by atoms with Gasteiger partial charge in [-0.3, -0.25) is 14.6 Å². The molecule has 0 fully saturated rings. The van der Waals surface area contributed by atoms with Crippen molar-refractivity contribution in [3.8, 4) is 5.75 Å². The first-order chi connectivity index (χ1) is 11.9. The molecule has 0 saturated carbocycles. The number of ether oxygens (including phenoxy) is 1. The first-order valence-electron chi connectivity index (χ1n) is 8.06. The summed E-state index contributed by atoms with van der Waals surface area (Å²) in [5.41, 5.74) is 10.1. The van der Waals surface area contributed by atoms with Crippen LogP contribution in [-0.4, -0.2) is 30.5 Å². The van der Waals surface area contributed by atoms with E-state index in [9.17, 15) is 9.59 Å². The Morgan fingerprint density at radius 3 is 2.60 bits per heavy atom. The van der Waals surface area contributed by atoms with Gasteiger partial charge in [0.2, 0.25) is 0 Å². The lowest BCUT2D eigenvalue weighted by Gasteiger charge is -2.13. The van der Waals surface area contributed by atoms with Crippen molar-refractivity contribution in [2.45, 2.75) is 26.7 Å². The van der Waals surface area contributed by atoms with Gasteiger partial charge in [-0.15, -0.1) is 0 Å². The van der Waals surface area contributed by atoms with Gasteiger partial charge in [-0.05, 0) is 42.2 Å². The topological polar surface area (TPSA) is 94.3 Å². The molecule has 0 atom stereocenters. The molecule has 0 saturated heterocycles. The quantitative estimate of drug-likeness (QED) is 0.778. The van der Waals surface area contributed by atoms with Crippen LogP contribution in [0.3, 0.4) is 0 Å². The first kappa shape index (κ1) is 18.4. The molecule has 2 rings (SSSR count). The normalized spacial score (nSPS) is 10.4. The van der Waals surface area contributed by atoms with Crippen molar-refractivity contribution >= 4 is 11.8 Å². The van der Waals surface area contributed by atoms with Crippen LogP contribution in [0, 0.1) is 13.8 Å². The Kier molecular flexibility index (Phi) is 6.11. The number of nitrogens with one attached hydrogen (secondary N) is 1. The minimum Gasteiger partial charge on any atom is -0.496 e. The van der Waals surface area contributed by atoms with Crippen molar-refractivity contribution in [3.63, 3.8) is 0 Å². The number of methoxy groups -OCH3 is 1. The molecule has 0 aliphatic heterocycles. The van der Waals surface area contributed by atoms with Gasteiger partial charge in [0.25, 0.3) is 0 Å². The second-order valence-electron chi connectivity index (χ2n) is 5.98. The van der Waals surface area contributed by atoms with Crippen molar-refractivity contribution < 1.29 is 14.3 Å². The molecule has 1 aromatic carbocycles. The van der Waals surface area contributed by atoms with Gasteiger partial charge in [-0.25, -0.2) is 0 Å². The van der Waals surface area contributed by atoms with Gasteiger partial charge in [0.05, 0.1) is 7.11 Å². The molecule has 3 N–H and O–H groups in total. The third kappa shape index (κ3) is 5.04. The maximum absolute atomic E-state index is 11.3. The fourth-order valence-corrected chi connectivity index (χ4v) is 2.62. The molecule has 2 amide bonds. The molecule has 6 heteroatoms. The first-order valence-corrected chi connectivity index (χ1v) is 8.06. The van der Waals surface area contributed by atoms with Crippen molar-refractivity contribution in [2.75, 3.05) is 13.7 Å². The van der Waals surface area contributed by atoms with Crippen LogP contribution >= 0.6 is 0 Å². The monoisotopic (exact) mass is 341 g/mol. The Balaban J connectivity index is 2.18. The van der Waals surface area contributed by atoms with Gasteiger partial charge < -0.3 is 15.8 Å². The predicted molar refractivity (Wildman–Crippen MR) is 95.4 cm³/mol. The lowest BCUT2D eigenvalue weighted by atomic mass is 9.99. The Labute approximate surface area is 147 Å². The van der Waals surface area contributed by atoms with E-state index in [1.54, 1.807) is 13.3 Å². The molecule has 6 nitrogen and oxygen atoms in total. The summed E-state index contributed by atoms with van der Waals surface area (Å²) in [5, 5.41) is 2.49. The van der Waals surface area contributed by atoms with Crippen LogP contribution in [0.2, 0.25) is 0 Å². The van der Waals surface area contributed by atoms with Crippen LogP contribution in [-0.2, 0) is 22.4 Å². The highest BCUT2D eigenvalue weighted by molar-refractivity contribution is 6.34. The molecule has 132 valence electrons. The summed E-state index contributed by atoms with van der Waals surface area (Å²) < 4.78 is 5.48. The summed E-state index contributed by atoms with van der Waals surface area (Å²) in [7, 11) is 1.66. The highest BCUT2D eigenvalue weighted by atomic mass is 16.5. The number of aromatic nitrogens is 1. The molecule has 0 bridgehead atoms. The van der Waals surface area contributed by atoms with Gasteiger partial charge in [0.1, 0.15) is 5.75 Å². The van der Waals surface area contributed by atoms with Crippen molar-refractivity contribution in [2.24, 2.45) is 5.73 Å². The van der Waals surface area contributed by atoms with E-state index in [0.717, 1.165) is 33.7 Å². The van der Waals surface area contributed by atoms with Crippen LogP contribution in [0.15, 0.2) is 30.5 Å². The minimum atomic E-state index is -0.985. The molecule has 1 heterocycles. The zero-order valence-electron chi connectivity index (χ0n) is 14.8. The van der Waals surface area contributed by atoms with E-state index in [-0.39, 0.29) is 0 Å². The highest BCUT2D eigenvalue weighted by Crippen LogP contribution is 2.24. The zero-order chi connectivity index (χ0) is 18.4. The third-order valence-corrected chi connectivity index (χ3v) is 3.89. The Morgan fingerprint density at radius 1 is 1.16 bits per heavy atom. The zero-order valence-corrected chi connectivity index (χ0v) is 14.8. The molecule has 2 aromatic rings. The predicted octanol–water partition coefficient (Wildman–Crippen LogP) is 1.44. The number of nitrogens with two attached hydrogens (primary N) is 1. The summed E-state index contributed by atoms with van der Waals surface area (Å²) in [6, 6.07) is 8.19. The Hall–Kier alpha value is -2.89. The van der Waals surface area contributed by atoms with Crippen LogP contribution in [0.4, 0.5) is 0 Å². The van der Waals surface area contributed by atoms with Gasteiger partial charge in [0.15, 0.2) is 0 Å². The molecule has 0 radical (unpaired) electrons. The molecule has 0 unspecified atom stereocenters. The number of amides is 2. The SMILES string of the molecule is COc1cc(C)ccc1Cc1cc(C)cnc1CCNC(=O)C(N)=O. The van der Waals surface area contributed by atoms with Crippen LogP contribution < -0.4 is 15.8 Å². The van der Waals surface area contributed by atoms with Crippen LogP contribution in [0.1, 0.15) is 27.9 Å². The average Bonchev–Trinajstić information content (AvgIpc) is 2.58. The van der Waals surface area contributed by atoms with E-state index >= 15 is 0 Å². The molecule has 25 heavy (non-hydrogen) atoms. The third-order valence-electron chi connectivity index (χ3n) is 3.89. The largest absolute Gasteiger partial charge is 0.496 e. The fourth-order valence-electron chi connectivity index (χ4n) is 2.62. The second kappa shape index (κ2) is 8.28. The van der Waals surface area contributed by atoms with Gasteiger partial charge in [-0.1, -0.05) is 18.2 Å². The number of carbonyl (C=O) groups excluding carboxylic acids is 2. The lowest BCUT2D eigenvalue weighted by Crippen LogP contribution is -2.37. The fraction of sp³-hybridized carbons (Fsp3) is 0.316. The smallest absolute Gasteiger partial charge is 0.309 e. The summed E-state index contributed by atoms with van der Waals surface area (Å²) >= 11 is 0. The van der Waals surface area contributed by atoms with Gasteiger partial charge >= 0.3 is 11.8 Å². The number of benzene rings is 1. The van der Waals surface area contributed by atoms with Crippen molar-refractivity contribution in [1.29, 1.82) is 0 Å². The van der Waals surface area contributed by atoms with E-state index in [1.807, 2.05) is 26.0 Å². The van der Waals surface area contributed by atoms with Gasteiger partial charge in [0, 0.05) is 31.3 Å². The summed E-state index contributed by atoms with van der Waals surface area (Å²) in [6.45, 7) is 4.31. The second-order valence-corrected chi connectivity index (χ2v) is 5.98. The summed E-state index contributed by atoms with van der Waals surface area (Å²) in [5.74, 6) is -0.926. The van der Waals surface area contributed by atoms with Crippen molar-refractivity contribution in [3.05, 3.63) is 58.4 Å². The average molecular weight is 341 g/mol. The Morgan fingerprint density at radius 2 is 1.92 bits per heavy atom. The molecule has 0 aliphatic carbocycles. The van der Waals surface area contributed by atoms with E-state index < -0.39 is 11.8 Å². The standard InChI is InChI=1S/C19H23N3O3/c1-12-4-5-14(17(9-12)25-3)10-15-8-13(2)11-22-16(15)6-7-21-19(24)18(20)23/h4-5,8-9,11H,6-7,10H2,1-3H3,(H2,20,23)(H,21,24). The van der Waals surface area contributed by atoms with E-state index in [2.05, 4.69) is 22.4 Å². The number of carbonyl (C=O) groups is 2. The van der Waals surface area contributed by atoms with E-state index in [1.165, 1.54) is 0 Å². The van der Waals surface area contributed by atoms with Crippen molar-refractivity contribution in [1.82, 2.24) is 10.3 Å².